The molecule has 1 unspecified atom stereocenters. The van der Waals surface area contributed by atoms with Crippen molar-refractivity contribution >= 4 is 27.9 Å². The molecule has 0 bridgehead atoms. The summed E-state index contributed by atoms with van der Waals surface area (Å²) in [5, 5.41) is 8.43. The normalized spacial score (nSPS) is 15.2. The van der Waals surface area contributed by atoms with Gasteiger partial charge in [0.05, 0.1) is 0 Å². The number of carbonyl (C=O) groups is 2. The van der Waals surface area contributed by atoms with Crippen LogP contribution in [0.1, 0.15) is 13.8 Å². The highest BCUT2D eigenvalue weighted by atomic mass is 79.9. The number of aliphatic carboxylic acids is 1. The molecule has 2 atom stereocenters. The van der Waals surface area contributed by atoms with Gasteiger partial charge in [-0.15, -0.1) is 0 Å². The number of carbonyl (C=O) groups excluding carboxylic acids is 1. The lowest BCUT2D eigenvalue weighted by atomic mass is 10.3. The van der Waals surface area contributed by atoms with E-state index in [9.17, 15) is 9.59 Å². The molecule has 0 heterocycles. The predicted molar refractivity (Wildman–Crippen MR) is 41.6 cm³/mol. The smallest absolute Gasteiger partial charge is 0.321 e. The van der Waals surface area contributed by atoms with E-state index in [-0.39, 0.29) is 0 Å². The highest BCUT2D eigenvalue weighted by molar-refractivity contribution is 9.10. The van der Waals surface area contributed by atoms with Crippen LogP contribution < -0.4 is 0 Å². The molecule has 0 aliphatic heterocycles. The Labute approximate surface area is 72.7 Å². The van der Waals surface area contributed by atoms with Crippen LogP contribution in [0.2, 0.25) is 0 Å². The Morgan fingerprint density at radius 2 is 2.00 bits per heavy atom. The Bertz CT molecular complexity index is 168. The van der Waals surface area contributed by atoms with E-state index in [1.54, 1.807) is 0 Å². The number of hydrogen-bond donors (Lipinski definition) is 1. The molecule has 0 fully saturated rings. The third kappa shape index (κ3) is 3.98. The molecule has 0 aliphatic rings. The van der Waals surface area contributed by atoms with Crippen LogP contribution in [0.3, 0.4) is 0 Å². The maximum absolute atomic E-state index is 10.3. The summed E-state index contributed by atoms with van der Waals surface area (Å²) >= 11 is 2.86. The van der Waals surface area contributed by atoms with Gasteiger partial charge < -0.3 is 9.84 Å². The summed E-state index contributed by atoms with van der Waals surface area (Å²) in [5.41, 5.74) is 0. The van der Waals surface area contributed by atoms with Crippen LogP contribution in [-0.2, 0) is 14.3 Å². The maximum atomic E-state index is 10.3. The fourth-order valence-electron chi connectivity index (χ4n) is 0.522. The van der Waals surface area contributed by atoms with E-state index in [0.717, 1.165) is 0 Å². The highest BCUT2D eigenvalue weighted by Crippen LogP contribution is 2.09. The Balaban J connectivity index is 3.92. The van der Waals surface area contributed by atoms with Gasteiger partial charge in [-0.05, 0) is 6.92 Å². The molecule has 0 rings (SSSR count). The molecule has 0 spiro atoms. The van der Waals surface area contributed by atoms with Crippen molar-refractivity contribution in [3.63, 3.8) is 0 Å². The van der Waals surface area contributed by atoms with Crippen molar-refractivity contribution < 1.29 is 19.4 Å². The van der Waals surface area contributed by atoms with E-state index >= 15 is 0 Å². The molecule has 0 saturated heterocycles. The number of alkyl halides is 1. The van der Waals surface area contributed by atoms with Gasteiger partial charge >= 0.3 is 11.9 Å². The quantitative estimate of drug-likeness (QED) is 0.569. The molecule has 0 amide bonds. The van der Waals surface area contributed by atoms with Crippen molar-refractivity contribution in [2.75, 3.05) is 0 Å². The summed E-state index contributed by atoms with van der Waals surface area (Å²) in [4.78, 5) is 19.8. The molecule has 4 nitrogen and oxygen atoms in total. The first kappa shape index (κ1) is 10.4. The Morgan fingerprint density at radius 1 is 1.55 bits per heavy atom. The minimum Gasteiger partial charge on any atom is -0.480 e. The highest BCUT2D eigenvalue weighted by Gasteiger charge is 2.23. The van der Waals surface area contributed by atoms with Crippen LogP contribution in [0.5, 0.6) is 0 Å². The average Bonchev–Trinajstić information content (AvgIpc) is 1.84. The van der Waals surface area contributed by atoms with E-state index in [4.69, 9.17) is 5.11 Å². The lowest BCUT2D eigenvalue weighted by molar-refractivity contribution is -0.148. The van der Waals surface area contributed by atoms with E-state index in [1.807, 2.05) is 0 Å². The van der Waals surface area contributed by atoms with Crippen molar-refractivity contribution in [1.29, 1.82) is 0 Å². The molecule has 5 heteroatoms. The molecular weight excluding hydrogens is 216 g/mol. The number of esters is 1. The number of hydrogen-bond acceptors (Lipinski definition) is 3. The van der Waals surface area contributed by atoms with Gasteiger partial charge in [0.1, 0.15) is 10.9 Å². The summed E-state index contributed by atoms with van der Waals surface area (Å²) in [6.45, 7) is 2.74. The van der Waals surface area contributed by atoms with Crippen molar-refractivity contribution in [2.45, 2.75) is 24.8 Å². The minimum atomic E-state index is -1.04. The number of carboxylic acid groups (broad SMARTS) is 1. The van der Waals surface area contributed by atoms with Gasteiger partial charge in [0.2, 0.25) is 0 Å². The van der Waals surface area contributed by atoms with E-state index in [0.29, 0.717) is 0 Å². The van der Waals surface area contributed by atoms with E-state index in [1.165, 1.54) is 13.8 Å². The molecule has 0 aromatic rings. The first-order valence-electron chi connectivity index (χ1n) is 2.99. The lowest BCUT2D eigenvalue weighted by Crippen LogP contribution is -2.29. The molecule has 0 aromatic heterocycles. The van der Waals surface area contributed by atoms with E-state index < -0.39 is 22.9 Å². The van der Waals surface area contributed by atoms with Gasteiger partial charge in [0.15, 0.2) is 0 Å². The first-order valence-corrected chi connectivity index (χ1v) is 3.90. The van der Waals surface area contributed by atoms with Crippen LogP contribution in [-0.4, -0.2) is 28.0 Å². The van der Waals surface area contributed by atoms with Crippen LogP contribution >= 0.6 is 15.9 Å². The summed E-state index contributed by atoms with van der Waals surface area (Å²) in [7, 11) is 0. The zero-order chi connectivity index (χ0) is 9.02. The molecule has 11 heavy (non-hydrogen) atoms. The maximum Gasteiger partial charge on any atom is 0.321 e. The largest absolute Gasteiger partial charge is 0.480 e. The molecule has 0 radical (unpaired) electrons. The second kappa shape index (κ2) is 4.33. The summed E-state index contributed by atoms with van der Waals surface area (Å²) in [6, 6.07) is 0. The Hall–Kier alpha value is -0.580. The fraction of sp³-hybridized carbons (Fsp3) is 0.667. The SMILES string of the molecule is CC(=O)OC(C)[C@H](Br)C(=O)O. The molecule has 1 N–H and O–H groups in total. The molecular formula is C6H9BrO4. The summed E-state index contributed by atoms with van der Waals surface area (Å²) in [5.74, 6) is -1.53. The van der Waals surface area contributed by atoms with Crippen molar-refractivity contribution in [2.24, 2.45) is 0 Å². The molecule has 0 aliphatic carbocycles. The van der Waals surface area contributed by atoms with Crippen molar-refractivity contribution in [3.8, 4) is 0 Å². The molecule has 0 aromatic carbocycles. The third-order valence-electron chi connectivity index (χ3n) is 1.000. The van der Waals surface area contributed by atoms with Crippen LogP contribution in [0.25, 0.3) is 0 Å². The summed E-state index contributed by atoms with van der Waals surface area (Å²) in [6.07, 6.45) is -0.648. The second-order valence-electron chi connectivity index (χ2n) is 2.05. The lowest BCUT2D eigenvalue weighted by Gasteiger charge is -2.13. The van der Waals surface area contributed by atoms with Crippen LogP contribution in [0.15, 0.2) is 0 Å². The predicted octanol–water partition coefficient (Wildman–Crippen LogP) is 0.786. The average molecular weight is 225 g/mol. The topological polar surface area (TPSA) is 63.6 Å². The van der Waals surface area contributed by atoms with E-state index in [2.05, 4.69) is 20.7 Å². The fourth-order valence-corrected chi connectivity index (χ4v) is 0.630. The minimum absolute atomic E-state index is 0.483. The Kier molecular flexibility index (Phi) is 4.10. The van der Waals surface area contributed by atoms with Crippen molar-refractivity contribution in [3.05, 3.63) is 0 Å². The standard InChI is InChI=1S/C6H9BrO4/c1-3(11-4(2)8)5(7)6(9)10/h3,5H,1-2H3,(H,9,10)/t3?,5-/m0/s1. The number of rotatable bonds is 3. The van der Waals surface area contributed by atoms with Crippen LogP contribution in [0, 0.1) is 0 Å². The Morgan fingerprint density at radius 3 is 2.27 bits per heavy atom. The molecule has 0 saturated carbocycles. The number of ether oxygens (including phenoxy) is 1. The second-order valence-corrected chi connectivity index (χ2v) is 3.04. The van der Waals surface area contributed by atoms with Gasteiger partial charge in [-0.3, -0.25) is 9.59 Å². The third-order valence-corrected chi connectivity index (χ3v) is 2.14. The van der Waals surface area contributed by atoms with Gasteiger partial charge in [0, 0.05) is 6.92 Å². The van der Waals surface area contributed by atoms with Crippen LogP contribution in [0.4, 0.5) is 0 Å². The van der Waals surface area contributed by atoms with Gasteiger partial charge in [-0.2, -0.15) is 0 Å². The number of carboxylic acids is 1. The van der Waals surface area contributed by atoms with Gasteiger partial charge in [-0.25, -0.2) is 0 Å². The number of halogens is 1. The zero-order valence-electron chi connectivity index (χ0n) is 6.20. The zero-order valence-corrected chi connectivity index (χ0v) is 7.79. The van der Waals surface area contributed by atoms with Crippen molar-refractivity contribution in [1.82, 2.24) is 0 Å². The van der Waals surface area contributed by atoms with Gasteiger partial charge in [0.25, 0.3) is 0 Å². The first-order chi connectivity index (χ1) is 4.95. The monoisotopic (exact) mass is 224 g/mol. The summed E-state index contributed by atoms with van der Waals surface area (Å²) < 4.78 is 4.61. The molecule has 64 valence electrons. The van der Waals surface area contributed by atoms with Gasteiger partial charge in [-0.1, -0.05) is 15.9 Å².